The summed E-state index contributed by atoms with van der Waals surface area (Å²) in [6.45, 7) is 0. The monoisotopic (exact) mass is 967 g/mol. The van der Waals surface area contributed by atoms with Gasteiger partial charge in [0.2, 0.25) is 0 Å². The molecule has 0 spiro atoms. The second-order valence-electron chi connectivity index (χ2n) is 17.2. The van der Waals surface area contributed by atoms with E-state index in [9.17, 15) is 0 Å². The van der Waals surface area contributed by atoms with Crippen LogP contribution in [0.3, 0.4) is 0 Å². The van der Waals surface area contributed by atoms with Gasteiger partial charge in [0, 0.05) is 50.9 Å². The van der Waals surface area contributed by atoms with Crippen molar-refractivity contribution in [2.75, 3.05) is 20.0 Å². The minimum atomic E-state index is 0.277. The molecular formula is C65H47Cl2N5. The summed E-state index contributed by atoms with van der Waals surface area (Å²) in [6, 6.07) is 97.0. The first-order valence-corrected chi connectivity index (χ1v) is 24.6. The van der Waals surface area contributed by atoms with E-state index in [4.69, 9.17) is 23.2 Å². The van der Waals surface area contributed by atoms with Crippen LogP contribution < -0.4 is 20.0 Å². The van der Waals surface area contributed by atoms with E-state index in [2.05, 4.69) is 286 Å². The highest BCUT2D eigenvalue weighted by Gasteiger charge is 2.25. The third-order valence-electron chi connectivity index (χ3n) is 12.5. The molecule has 0 saturated heterocycles. The maximum Gasteiger partial charge on any atom is 0.140 e. The van der Waals surface area contributed by atoms with E-state index >= 15 is 0 Å². The molecule has 0 amide bonds. The fourth-order valence-electron chi connectivity index (χ4n) is 9.43. The van der Waals surface area contributed by atoms with Crippen LogP contribution in [0.4, 0.5) is 62.6 Å². The molecule has 5 nitrogen and oxygen atoms in total. The summed E-state index contributed by atoms with van der Waals surface area (Å²) in [4.78, 5) is 11.6. The zero-order valence-electron chi connectivity index (χ0n) is 39.1. The number of para-hydroxylation sites is 5. The minimum Gasteiger partial charge on any atom is -0.355 e. The van der Waals surface area contributed by atoms with Crippen LogP contribution in [0.25, 0.3) is 33.4 Å². The van der Waals surface area contributed by atoms with Crippen molar-refractivity contribution in [2.45, 2.75) is 0 Å². The lowest BCUT2D eigenvalue weighted by Gasteiger charge is -2.33. The first kappa shape index (κ1) is 45.6. The Bertz CT molecular complexity index is 3330. The smallest absolute Gasteiger partial charge is 0.140 e. The van der Waals surface area contributed by atoms with E-state index in [1.165, 1.54) is 0 Å². The average molecular weight is 969 g/mol. The highest BCUT2D eigenvalue weighted by atomic mass is 35.5. The summed E-state index contributed by atoms with van der Waals surface area (Å²) in [6.07, 6.45) is 0. The number of nitrogens with one attached hydrogen (secondary N) is 1. The molecule has 7 heteroatoms. The number of benzene rings is 10. The molecule has 11 rings (SSSR count). The number of aromatic nitrogens is 1. The van der Waals surface area contributed by atoms with Crippen molar-refractivity contribution in [3.63, 3.8) is 0 Å². The van der Waals surface area contributed by atoms with E-state index in [1.807, 2.05) is 18.2 Å². The lowest BCUT2D eigenvalue weighted by Crippen LogP contribution is -2.16. The number of pyridine rings is 1. The largest absolute Gasteiger partial charge is 0.355 e. The third kappa shape index (κ3) is 9.68. The molecule has 0 aliphatic rings. The molecule has 0 atom stereocenters. The molecule has 72 heavy (non-hydrogen) atoms. The maximum absolute atomic E-state index is 7.30. The van der Waals surface area contributed by atoms with Crippen LogP contribution in [0, 0.1) is 0 Å². The van der Waals surface area contributed by atoms with Crippen molar-refractivity contribution < 1.29 is 0 Å². The molecule has 1 heterocycles. The van der Waals surface area contributed by atoms with Crippen molar-refractivity contribution in [1.82, 2.24) is 4.98 Å². The maximum atomic E-state index is 7.30. The zero-order valence-corrected chi connectivity index (χ0v) is 40.6. The highest BCUT2D eigenvalue weighted by Crippen LogP contribution is 2.49. The van der Waals surface area contributed by atoms with E-state index < -0.39 is 0 Å². The normalized spacial score (nSPS) is 10.9. The number of hydrogen-bond acceptors (Lipinski definition) is 5. The molecule has 0 unspecified atom stereocenters. The van der Waals surface area contributed by atoms with Crippen molar-refractivity contribution in [3.05, 3.63) is 289 Å². The number of hydrogen-bond donors (Lipinski definition) is 1. The van der Waals surface area contributed by atoms with E-state index in [1.54, 1.807) is 0 Å². The zero-order chi connectivity index (χ0) is 48.6. The van der Waals surface area contributed by atoms with Crippen LogP contribution in [0.1, 0.15) is 0 Å². The lowest BCUT2D eigenvalue weighted by molar-refractivity contribution is 1.22. The Labute approximate surface area is 431 Å². The highest BCUT2D eigenvalue weighted by molar-refractivity contribution is 6.35. The molecule has 0 bridgehead atoms. The second-order valence-corrected chi connectivity index (χ2v) is 17.9. The molecule has 0 radical (unpaired) electrons. The number of anilines is 11. The molecule has 10 aromatic carbocycles. The van der Waals surface area contributed by atoms with Gasteiger partial charge < -0.3 is 20.0 Å². The van der Waals surface area contributed by atoms with Gasteiger partial charge >= 0.3 is 0 Å². The van der Waals surface area contributed by atoms with Gasteiger partial charge in [-0.25, -0.2) is 4.98 Å². The van der Waals surface area contributed by atoms with Gasteiger partial charge in [0.25, 0.3) is 0 Å². The van der Waals surface area contributed by atoms with Gasteiger partial charge in [-0.15, -0.1) is 0 Å². The van der Waals surface area contributed by atoms with Crippen molar-refractivity contribution in [2.24, 2.45) is 0 Å². The predicted octanol–water partition coefficient (Wildman–Crippen LogP) is 19.5. The Morgan fingerprint density at radius 3 is 1.01 bits per heavy atom. The van der Waals surface area contributed by atoms with Crippen molar-refractivity contribution in [1.29, 1.82) is 0 Å². The first-order valence-electron chi connectivity index (χ1n) is 23.8. The van der Waals surface area contributed by atoms with E-state index in [0.717, 1.165) is 95.9 Å². The predicted molar refractivity (Wildman–Crippen MR) is 304 cm³/mol. The van der Waals surface area contributed by atoms with Gasteiger partial charge in [0.15, 0.2) is 0 Å². The van der Waals surface area contributed by atoms with Gasteiger partial charge in [-0.3, -0.25) is 0 Å². The molecule has 0 aliphatic heterocycles. The van der Waals surface area contributed by atoms with Crippen LogP contribution in [-0.2, 0) is 0 Å². The van der Waals surface area contributed by atoms with Gasteiger partial charge in [-0.05, 0) is 125 Å². The van der Waals surface area contributed by atoms with Gasteiger partial charge in [0.1, 0.15) is 10.3 Å². The fraction of sp³-hybridized carbons (Fsp3) is 0. The number of nitrogens with zero attached hydrogens (tertiary/aromatic N) is 4. The summed E-state index contributed by atoms with van der Waals surface area (Å²) in [5.74, 6) is 0. The third-order valence-corrected chi connectivity index (χ3v) is 13.0. The summed E-state index contributed by atoms with van der Waals surface area (Å²) >= 11 is 14.1. The minimum absolute atomic E-state index is 0.277. The standard InChI is InChI=1S/C65H47Cl2N5/c66-62-46-61(64(65(67)69-62)63-59(47-24-8-1-9-25-47)40-23-41-60(63)48-26-10-2-11-27-48)68-49-28-22-39-55(42-49)72(54-37-20-7-21-38-54)58-44-56(70(50-29-12-3-13-30-50)51-31-14-4-15-32-51)43-57(45-58)71(52-33-16-5-17-34-52)53-35-18-6-19-36-53/h1-46H,(H,68,69). The van der Waals surface area contributed by atoms with Crippen molar-refractivity contribution >= 4 is 85.8 Å². The summed E-state index contributed by atoms with van der Waals surface area (Å²) < 4.78 is 0. The number of halogens is 2. The summed E-state index contributed by atoms with van der Waals surface area (Å²) in [5.41, 5.74) is 16.3. The molecular weight excluding hydrogens is 922 g/mol. The first-order chi connectivity index (χ1) is 35.6. The Morgan fingerprint density at radius 1 is 0.292 bits per heavy atom. The second kappa shape index (κ2) is 21.0. The molecule has 346 valence electrons. The Kier molecular flexibility index (Phi) is 13.3. The summed E-state index contributed by atoms with van der Waals surface area (Å²) in [5, 5.41) is 4.37. The molecule has 1 N–H and O–H groups in total. The van der Waals surface area contributed by atoms with Crippen LogP contribution in [-0.4, -0.2) is 4.98 Å². The van der Waals surface area contributed by atoms with Crippen LogP contribution in [0.2, 0.25) is 10.3 Å². The molecule has 0 saturated carbocycles. The fourth-order valence-corrected chi connectivity index (χ4v) is 9.96. The van der Waals surface area contributed by atoms with Gasteiger partial charge in [-0.2, -0.15) is 0 Å². The Hall–Kier alpha value is -8.87. The number of rotatable bonds is 14. The van der Waals surface area contributed by atoms with Crippen LogP contribution in [0.5, 0.6) is 0 Å². The SMILES string of the molecule is Clc1cc(Nc2cccc(N(c3ccccc3)c3cc(N(c4ccccc4)c4ccccc4)cc(N(c4ccccc4)c4ccccc4)c3)c2)c(-c2c(-c3ccccc3)cccc2-c2ccccc2)c(Cl)n1. The quantitative estimate of drug-likeness (QED) is 0.110. The van der Waals surface area contributed by atoms with E-state index in [0.29, 0.717) is 5.15 Å². The molecule has 11 aromatic rings. The van der Waals surface area contributed by atoms with E-state index in [-0.39, 0.29) is 5.15 Å². The Morgan fingerprint density at radius 2 is 0.625 bits per heavy atom. The average Bonchev–Trinajstić information content (AvgIpc) is 3.43. The van der Waals surface area contributed by atoms with Crippen LogP contribution in [0.15, 0.2) is 279 Å². The topological polar surface area (TPSA) is 34.6 Å². The summed E-state index contributed by atoms with van der Waals surface area (Å²) in [7, 11) is 0. The van der Waals surface area contributed by atoms with Gasteiger partial charge in [-0.1, -0.05) is 199 Å². The van der Waals surface area contributed by atoms with Crippen LogP contribution >= 0.6 is 23.2 Å². The van der Waals surface area contributed by atoms with Gasteiger partial charge in [0.05, 0.1) is 22.7 Å². The molecule has 0 aliphatic carbocycles. The molecule has 0 fully saturated rings. The molecule has 1 aromatic heterocycles. The lowest BCUT2D eigenvalue weighted by atomic mass is 9.87. The van der Waals surface area contributed by atoms with Crippen molar-refractivity contribution in [3.8, 4) is 33.4 Å². The Balaban J connectivity index is 1.10.